The summed E-state index contributed by atoms with van der Waals surface area (Å²) in [4.78, 5) is 27.8. The van der Waals surface area contributed by atoms with Crippen molar-refractivity contribution in [1.29, 1.82) is 0 Å². The number of morpholine rings is 2. The van der Waals surface area contributed by atoms with Gasteiger partial charge in [0.2, 0.25) is 5.91 Å². The van der Waals surface area contributed by atoms with Gasteiger partial charge in [-0.05, 0) is 6.07 Å². The number of amides is 2. The van der Waals surface area contributed by atoms with Crippen molar-refractivity contribution in [3.63, 3.8) is 0 Å². The Morgan fingerprint density at radius 1 is 1.26 bits per heavy atom. The Morgan fingerprint density at radius 3 is 2.65 bits per heavy atom. The molecule has 0 N–H and O–H groups in total. The van der Waals surface area contributed by atoms with Crippen LogP contribution in [0.2, 0.25) is 0 Å². The summed E-state index contributed by atoms with van der Waals surface area (Å²) in [5, 5.41) is 0. The number of hydrogen-bond donors (Lipinski definition) is 0. The Kier molecular flexibility index (Phi) is 4.58. The van der Waals surface area contributed by atoms with Gasteiger partial charge in [-0.15, -0.1) is 0 Å². The van der Waals surface area contributed by atoms with Crippen LogP contribution in [0.1, 0.15) is 11.6 Å². The molecule has 124 valence electrons. The van der Waals surface area contributed by atoms with E-state index in [1.54, 1.807) is 30.1 Å². The predicted octanol–water partition coefficient (Wildman–Crippen LogP) is 0.583. The Labute approximate surface area is 133 Å². The molecule has 1 aromatic rings. The van der Waals surface area contributed by atoms with Gasteiger partial charge >= 0.3 is 0 Å². The highest BCUT2D eigenvalue weighted by Crippen LogP contribution is 2.31. The number of likely N-dealkylation sites (N-methyl/N-ethyl adjacent to an activating group) is 1. The van der Waals surface area contributed by atoms with Gasteiger partial charge in [0, 0.05) is 25.7 Å². The van der Waals surface area contributed by atoms with Crippen molar-refractivity contribution in [3.05, 3.63) is 35.6 Å². The SMILES string of the molecule is CN1C(=O)CO[C@@H](C(=O)N2CCOCC2)[C@@H]1c1ccccc1F. The van der Waals surface area contributed by atoms with E-state index in [0.29, 0.717) is 26.3 Å². The Hall–Kier alpha value is -1.99. The molecular formula is C16H19FN2O4. The molecule has 2 amide bonds. The lowest BCUT2D eigenvalue weighted by Gasteiger charge is -2.40. The number of carbonyl (C=O) groups excluding carboxylic acids is 2. The highest BCUT2D eigenvalue weighted by Gasteiger charge is 2.43. The van der Waals surface area contributed by atoms with Crippen molar-refractivity contribution in [2.24, 2.45) is 0 Å². The van der Waals surface area contributed by atoms with Gasteiger partial charge in [-0.3, -0.25) is 9.59 Å². The minimum atomic E-state index is -0.910. The lowest BCUT2D eigenvalue weighted by molar-refractivity contribution is -0.169. The molecule has 7 heteroatoms. The number of carbonyl (C=O) groups is 2. The summed E-state index contributed by atoms with van der Waals surface area (Å²) < 4.78 is 25.0. The maximum Gasteiger partial charge on any atom is 0.254 e. The Bertz CT molecular complexity index is 603. The van der Waals surface area contributed by atoms with Crippen molar-refractivity contribution in [1.82, 2.24) is 9.80 Å². The molecule has 2 aliphatic rings. The van der Waals surface area contributed by atoms with Gasteiger partial charge in [0.05, 0.1) is 19.3 Å². The molecule has 1 aromatic carbocycles. The second-order valence-corrected chi connectivity index (χ2v) is 5.64. The number of rotatable bonds is 2. The molecule has 0 radical (unpaired) electrons. The van der Waals surface area contributed by atoms with E-state index in [0.717, 1.165) is 0 Å². The number of nitrogens with zero attached hydrogens (tertiary/aromatic N) is 2. The zero-order valence-electron chi connectivity index (χ0n) is 12.9. The smallest absolute Gasteiger partial charge is 0.254 e. The third-order valence-electron chi connectivity index (χ3n) is 4.27. The summed E-state index contributed by atoms with van der Waals surface area (Å²) >= 11 is 0. The second-order valence-electron chi connectivity index (χ2n) is 5.64. The highest BCUT2D eigenvalue weighted by atomic mass is 19.1. The maximum absolute atomic E-state index is 14.2. The highest BCUT2D eigenvalue weighted by molar-refractivity contribution is 5.86. The molecule has 0 unspecified atom stereocenters. The van der Waals surface area contributed by atoms with Crippen LogP contribution >= 0.6 is 0 Å². The monoisotopic (exact) mass is 322 g/mol. The van der Waals surface area contributed by atoms with Gasteiger partial charge in [-0.25, -0.2) is 4.39 Å². The van der Waals surface area contributed by atoms with Gasteiger partial charge in [0.25, 0.3) is 5.91 Å². The van der Waals surface area contributed by atoms with Gasteiger partial charge in [-0.1, -0.05) is 18.2 Å². The first-order chi connectivity index (χ1) is 11.1. The lowest BCUT2D eigenvalue weighted by atomic mass is 9.96. The first kappa shape index (κ1) is 15.9. The van der Waals surface area contributed by atoms with E-state index >= 15 is 0 Å². The van der Waals surface area contributed by atoms with Crippen molar-refractivity contribution in [2.75, 3.05) is 40.0 Å². The quantitative estimate of drug-likeness (QED) is 0.799. The third-order valence-corrected chi connectivity index (χ3v) is 4.27. The Balaban J connectivity index is 1.91. The molecule has 0 saturated carbocycles. The van der Waals surface area contributed by atoms with E-state index in [1.807, 2.05) is 0 Å². The molecule has 23 heavy (non-hydrogen) atoms. The van der Waals surface area contributed by atoms with Crippen LogP contribution in [-0.2, 0) is 19.1 Å². The minimum Gasteiger partial charge on any atom is -0.378 e. The summed E-state index contributed by atoms with van der Waals surface area (Å²) in [6.45, 7) is 1.71. The summed E-state index contributed by atoms with van der Waals surface area (Å²) in [5.41, 5.74) is 0.287. The van der Waals surface area contributed by atoms with Crippen LogP contribution in [-0.4, -0.2) is 67.7 Å². The van der Waals surface area contributed by atoms with E-state index in [9.17, 15) is 14.0 Å². The summed E-state index contributed by atoms with van der Waals surface area (Å²) in [6.07, 6.45) is -0.910. The first-order valence-electron chi connectivity index (χ1n) is 7.58. The van der Waals surface area contributed by atoms with Crippen molar-refractivity contribution in [3.8, 4) is 0 Å². The molecule has 2 saturated heterocycles. The molecule has 0 aromatic heterocycles. The zero-order chi connectivity index (χ0) is 16.4. The third kappa shape index (κ3) is 3.07. The van der Waals surface area contributed by atoms with Crippen LogP contribution in [0.3, 0.4) is 0 Å². The molecule has 0 bridgehead atoms. The average molecular weight is 322 g/mol. The van der Waals surface area contributed by atoms with Crippen LogP contribution < -0.4 is 0 Å². The number of hydrogen-bond acceptors (Lipinski definition) is 4. The van der Waals surface area contributed by atoms with Crippen molar-refractivity contribution in [2.45, 2.75) is 12.1 Å². The maximum atomic E-state index is 14.2. The molecule has 2 aliphatic heterocycles. The van der Waals surface area contributed by atoms with Crippen molar-refractivity contribution < 1.29 is 23.5 Å². The zero-order valence-corrected chi connectivity index (χ0v) is 12.9. The fourth-order valence-corrected chi connectivity index (χ4v) is 2.97. The minimum absolute atomic E-state index is 0.178. The summed E-state index contributed by atoms with van der Waals surface area (Å²) in [5.74, 6) is -0.965. The van der Waals surface area contributed by atoms with Gasteiger partial charge in [0.15, 0.2) is 6.10 Å². The van der Waals surface area contributed by atoms with Crippen LogP contribution in [0.5, 0.6) is 0 Å². The normalized spacial score (nSPS) is 25.6. The topological polar surface area (TPSA) is 59.1 Å². The van der Waals surface area contributed by atoms with Gasteiger partial charge in [-0.2, -0.15) is 0 Å². The molecule has 0 aliphatic carbocycles. The molecule has 0 spiro atoms. The molecule has 3 rings (SSSR count). The summed E-state index contributed by atoms with van der Waals surface area (Å²) in [6, 6.07) is 5.38. The van der Waals surface area contributed by atoms with E-state index in [2.05, 4.69) is 0 Å². The van der Waals surface area contributed by atoms with Crippen LogP contribution in [0.4, 0.5) is 4.39 Å². The molecule has 2 atom stereocenters. The molecule has 6 nitrogen and oxygen atoms in total. The fraction of sp³-hybridized carbons (Fsp3) is 0.500. The first-order valence-corrected chi connectivity index (χ1v) is 7.58. The van der Waals surface area contributed by atoms with E-state index in [4.69, 9.17) is 9.47 Å². The predicted molar refractivity (Wildman–Crippen MR) is 79.1 cm³/mol. The molecular weight excluding hydrogens is 303 g/mol. The number of benzene rings is 1. The number of ether oxygens (including phenoxy) is 2. The van der Waals surface area contributed by atoms with E-state index in [1.165, 1.54) is 11.0 Å². The van der Waals surface area contributed by atoms with Gasteiger partial charge in [0.1, 0.15) is 12.4 Å². The second kappa shape index (κ2) is 6.64. The van der Waals surface area contributed by atoms with Crippen LogP contribution in [0, 0.1) is 5.82 Å². The molecule has 2 heterocycles. The van der Waals surface area contributed by atoms with E-state index < -0.39 is 18.0 Å². The fourth-order valence-electron chi connectivity index (χ4n) is 2.97. The van der Waals surface area contributed by atoms with Crippen LogP contribution in [0.25, 0.3) is 0 Å². The van der Waals surface area contributed by atoms with Crippen molar-refractivity contribution >= 4 is 11.8 Å². The van der Waals surface area contributed by atoms with Crippen LogP contribution in [0.15, 0.2) is 24.3 Å². The van der Waals surface area contributed by atoms with E-state index in [-0.39, 0.29) is 24.0 Å². The Morgan fingerprint density at radius 2 is 1.96 bits per heavy atom. The summed E-state index contributed by atoms with van der Waals surface area (Å²) in [7, 11) is 1.57. The molecule has 2 fully saturated rings. The standard InChI is InChI=1S/C16H19FN2O4/c1-18-13(20)10-23-15(16(21)19-6-8-22-9-7-19)14(18)11-4-2-3-5-12(11)17/h2-5,14-15H,6-10H2,1H3/t14-,15+/m0/s1. The average Bonchev–Trinajstić information content (AvgIpc) is 2.58. The largest absolute Gasteiger partial charge is 0.378 e. The lowest BCUT2D eigenvalue weighted by Crippen LogP contribution is -2.55. The number of halogens is 1. The van der Waals surface area contributed by atoms with Gasteiger partial charge < -0.3 is 19.3 Å².